The lowest BCUT2D eigenvalue weighted by molar-refractivity contribution is -0.143. The van der Waals surface area contributed by atoms with E-state index < -0.39 is 48.3 Å². The number of hydrogen-bond donors (Lipinski definition) is 7. The van der Waals surface area contributed by atoms with Crippen molar-refractivity contribution in [1.29, 1.82) is 0 Å². The van der Waals surface area contributed by atoms with Crippen molar-refractivity contribution >= 4 is 45.6 Å². The molecule has 2 heterocycles. The molecule has 11 heteroatoms. The van der Waals surface area contributed by atoms with Gasteiger partial charge in [-0.2, -0.15) is 0 Å². The van der Waals surface area contributed by atoms with Crippen molar-refractivity contribution in [1.82, 2.24) is 20.6 Å². The topological polar surface area (TPSA) is 190 Å². The van der Waals surface area contributed by atoms with Crippen LogP contribution in [0.4, 0.5) is 0 Å². The number of carboxylic acids is 2. The number of carbonyl (C=O) groups is 4. The summed E-state index contributed by atoms with van der Waals surface area (Å²) in [5, 5.41) is 25.6. The van der Waals surface area contributed by atoms with Crippen molar-refractivity contribution in [3.63, 3.8) is 0 Å². The van der Waals surface area contributed by atoms with Gasteiger partial charge in [0.25, 0.3) is 0 Å². The van der Waals surface area contributed by atoms with E-state index in [0.29, 0.717) is 5.56 Å². The number of nitrogens with one attached hydrogen (secondary N) is 4. The van der Waals surface area contributed by atoms with Crippen LogP contribution in [0.15, 0.2) is 60.9 Å². The number of aromatic nitrogens is 2. The maximum Gasteiger partial charge on any atom is 0.326 e. The minimum absolute atomic E-state index is 0.00917. The molecule has 0 saturated heterocycles. The third-order valence-corrected chi connectivity index (χ3v) is 6.44. The number of fused-ring (bicyclic) bond motifs is 2. The zero-order valence-electron chi connectivity index (χ0n) is 20.4. The average molecular weight is 520 g/mol. The fourth-order valence-electron chi connectivity index (χ4n) is 4.44. The van der Waals surface area contributed by atoms with E-state index in [-0.39, 0.29) is 19.3 Å². The van der Waals surface area contributed by atoms with Crippen molar-refractivity contribution in [3.8, 4) is 0 Å². The largest absolute Gasteiger partial charge is 0.481 e. The van der Waals surface area contributed by atoms with Crippen molar-refractivity contribution in [3.05, 3.63) is 72.1 Å². The molecule has 2 amide bonds. The molecule has 0 saturated carbocycles. The number of H-pyrrole nitrogens is 2. The van der Waals surface area contributed by atoms with Crippen LogP contribution >= 0.6 is 0 Å². The molecular formula is C27H29N5O6. The molecular weight excluding hydrogens is 490 g/mol. The molecule has 0 radical (unpaired) electrons. The number of rotatable bonds is 12. The Bertz CT molecular complexity index is 1470. The molecule has 4 aromatic rings. The molecule has 0 aliphatic carbocycles. The van der Waals surface area contributed by atoms with E-state index in [4.69, 9.17) is 10.8 Å². The number of nitrogens with two attached hydrogens (primary N) is 1. The van der Waals surface area contributed by atoms with E-state index >= 15 is 0 Å². The van der Waals surface area contributed by atoms with E-state index in [9.17, 15) is 24.3 Å². The Kier molecular flexibility index (Phi) is 8.07. The third kappa shape index (κ3) is 6.19. The van der Waals surface area contributed by atoms with Crippen LogP contribution in [0.5, 0.6) is 0 Å². The first-order chi connectivity index (χ1) is 18.2. The summed E-state index contributed by atoms with van der Waals surface area (Å²) in [6.45, 7) is 0. The Morgan fingerprint density at radius 1 is 0.763 bits per heavy atom. The minimum atomic E-state index is -1.30. The minimum Gasteiger partial charge on any atom is -0.481 e. The first-order valence-electron chi connectivity index (χ1n) is 12.1. The van der Waals surface area contributed by atoms with Crippen molar-refractivity contribution in [2.24, 2.45) is 5.73 Å². The summed E-state index contributed by atoms with van der Waals surface area (Å²) in [6, 6.07) is 11.3. The summed E-state index contributed by atoms with van der Waals surface area (Å²) >= 11 is 0. The summed E-state index contributed by atoms with van der Waals surface area (Å²) in [5.41, 5.74) is 9.36. The van der Waals surface area contributed by atoms with Crippen molar-refractivity contribution < 1.29 is 29.4 Å². The van der Waals surface area contributed by atoms with Gasteiger partial charge in [0.2, 0.25) is 11.8 Å². The summed E-state index contributed by atoms with van der Waals surface area (Å²) in [5.74, 6) is -3.87. The molecule has 11 nitrogen and oxygen atoms in total. The van der Waals surface area contributed by atoms with Gasteiger partial charge in [-0.25, -0.2) is 4.79 Å². The third-order valence-electron chi connectivity index (χ3n) is 6.44. The molecule has 4 rings (SSSR count). The number of amides is 2. The quantitative estimate of drug-likeness (QED) is 0.148. The molecule has 0 bridgehead atoms. The lowest BCUT2D eigenvalue weighted by Crippen LogP contribution is -2.55. The number of carboxylic acid groups (broad SMARTS) is 2. The standard InChI is InChI=1S/C27H29N5O6/c28-19(11-15-13-29-20-7-3-1-5-17(15)20)25(35)31-22(9-10-24(33)34)26(36)32-23(27(37)38)12-16-14-30-21-8-4-2-6-18(16)21/h1-8,13-14,19,22-23,29-30H,9-12,28H2,(H,31,35)(H,32,36)(H,33,34)(H,37,38). The fraction of sp³-hybridized carbons (Fsp3) is 0.259. The van der Waals surface area contributed by atoms with Crippen LogP contribution in [0, 0.1) is 0 Å². The number of aromatic amines is 2. The van der Waals surface area contributed by atoms with Gasteiger partial charge in [0, 0.05) is 47.0 Å². The SMILES string of the molecule is NC(Cc1c[nH]c2ccccc12)C(=O)NC(CCC(=O)O)C(=O)NC(Cc1c[nH]c2ccccc12)C(=O)O. The molecule has 3 atom stereocenters. The predicted molar refractivity (Wildman–Crippen MR) is 140 cm³/mol. The van der Waals surface area contributed by atoms with Crippen LogP contribution in [-0.2, 0) is 32.0 Å². The van der Waals surface area contributed by atoms with Gasteiger partial charge < -0.3 is 36.5 Å². The highest BCUT2D eigenvalue weighted by atomic mass is 16.4. The van der Waals surface area contributed by atoms with Crippen molar-refractivity contribution in [2.75, 3.05) is 0 Å². The molecule has 0 fully saturated rings. The normalized spacial score (nSPS) is 13.6. The van der Waals surface area contributed by atoms with E-state index in [0.717, 1.165) is 27.4 Å². The Balaban J connectivity index is 1.45. The second-order valence-corrected chi connectivity index (χ2v) is 9.13. The van der Waals surface area contributed by atoms with Gasteiger partial charge in [0.05, 0.1) is 6.04 Å². The van der Waals surface area contributed by atoms with E-state index in [1.165, 1.54) is 0 Å². The van der Waals surface area contributed by atoms with Gasteiger partial charge in [0.15, 0.2) is 0 Å². The summed E-state index contributed by atoms with van der Waals surface area (Å²) < 4.78 is 0. The Hall–Kier alpha value is -4.64. The van der Waals surface area contributed by atoms with Crippen LogP contribution in [0.3, 0.4) is 0 Å². The van der Waals surface area contributed by atoms with E-state index in [2.05, 4.69) is 20.6 Å². The lowest BCUT2D eigenvalue weighted by Gasteiger charge is -2.22. The second kappa shape index (κ2) is 11.6. The van der Waals surface area contributed by atoms with Gasteiger partial charge >= 0.3 is 11.9 Å². The summed E-state index contributed by atoms with van der Waals surface area (Å²) in [4.78, 5) is 55.3. The highest BCUT2D eigenvalue weighted by Gasteiger charge is 2.29. The van der Waals surface area contributed by atoms with E-state index in [1.807, 2.05) is 48.5 Å². The van der Waals surface area contributed by atoms with Crippen LogP contribution in [0.25, 0.3) is 21.8 Å². The second-order valence-electron chi connectivity index (χ2n) is 9.13. The molecule has 2 aromatic carbocycles. The highest BCUT2D eigenvalue weighted by molar-refractivity contribution is 5.93. The Morgan fingerprint density at radius 3 is 1.84 bits per heavy atom. The van der Waals surface area contributed by atoms with Crippen LogP contribution in [-0.4, -0.2) is 62.1 Å². The van der Waals surface area contributed by atoms with Gasteiger partial charge in [0.1, 0.15) is 12.1 Å². The first-order valence-corrected chi connectivity index (χ1v) is 12.1. The maximum absolute atomic E-state index is 13.1. The summed E-state index contributed by atoms with van der Waals surface area (Å²) in [6.07, 6.45) is 2.98. The zero-order valence-corrected chi connectivity index (χ0v) is 20.4. The number of para-hydroxylation sites is 2. The molecule has 0 spiro atoms. The molecule has 0 aliphatic rings. The average Bonchev–Trinajstić information content (AvgIpc) is 3.50. The Morgan fingerprint density at radius 2 is 1.29 bits per heavy atom. The number of carbonyl (C=O) groups excluding carboxylic acids is 2. The van der Waals surface area contributed by atoms with Gasteiger partial charge in [-0.3, -0.25) is 14.4 Å². The number of aliphatic carboxylic acids is 2. The van der Waals surface area contributed by atoms with Gasteiger partial charge in [-0.05, 0) is 36.1 Å². The summed E-state index contributed by atoms with van der Waals surface area (Å²) in [7, 11) is 0. The first kappa shape index (κ1) is 26.4. The highest BCUT2D eigenvalue weighted by Crippen LogP contribution is 2.20. The zero-order chi connectivity index (χ0) is 27.2. The molecule has 0 aliphatic heterocycles. The lowest BCUT2D eigenvalue weighted by atomic mass is 10.0. The monoisotopic (exact) mass is 519 g/mol. The predicted octanol–water partition coefficient (Wildman–Crippen LogP) is 1.68. The van der Waals surface area contributed by atoms with Crippen LogP contribution < -0.4 is 16.4 Å². The van der Waals surface area contributed by atoms with Crippen LogP contribution in [0.2, 0.25) is 0 Å². The molecule has 2 aromatic heterocycles. The van der Waals surface area contributed by atoms with Gasteiger partial charge in [-0.15, -0.1) is 0 Å². The molecule has 8 N–H and O–H groups in total. The smallest absolute Gasteiger partial charge is 0.326 e. The molecule has 198 valence electrons. The molecule has 38 heavy (non-hydrogen) atoms. The fourth-order valence-corrected chi connectivity index (χ4v) is 4.44. The van der Waals surface area contributed by atoms with Crippen molar-refractivity contribution in [2.45, 2.75) is 43.8 Å². The maximum atomic E-state index is 13.1. The van der Waals surface area contributed by atoms with Crippen LogP contribution in [0.1, 0.15) is 24.0 Å². The number of benzene rings is 2. The Labute approximate surface area is 217 Å². The van der Waals surface area contributed by atoms with Gasteiger partial charge in [-0.1, -0.05) is 36.4 Å². The molecule has 3 unspecified atom stereocenters. The van der Waals surface area contributed by atoms with E-state index in [1.54, 1.807) is 12.4 Å². The number of hydrogen-bond acceptors (Lipinski definition) is 5.